The van der Waals surface area contributed by atoms with Gasteiger partial charge in [-0.3, -0.25) is 24.0 Å². The first-order valence-corrected chi connectivity index (χ1v) is 10.7. The molecule has 0 heterocycles. The zero-order chi connectivity index (χ0) is 26.0. The third-order valence-corrected chi connectivity index (χ3v) is 5.31. The summed E-state index contributed by atoms with van der Waals surface area (Å²) in [6.45, 7) is 4.81. The van der Waals surface area contributed by atoms with Gasteiger partial charge in [0.1, 0.15) is 23.9 Å². The molecule has 12 nitrogen and oxygen atoms in total. The minimum atomic E-state index is -1.59. The first-order chi connectivity index (χ1) is 15.8. The Morgan fingerprint density at radius 3 is 1.91 bits per heavy atom. The van der Waals surface area contributed by atoms with Crippen molar-refractivity contribution < 1.29 is 39.3 Å². The number of carbonyl (C=O) groups is 5. The van der Waals surface area contributed by atoms with E-state index in [1.54, 1.807) is 6.92 Å². The maximum atomic E-state index is 13.0. The molecule has 1 aromatic rings. The number of phenolic OH excluding ortho intramolecular Hbond substituents is 1. The first kappa shape index (κ1) is 28.4. The van der Waals surface area contributed by atoms with Gasteiger partial charge < -0.3 is 37.0 Å². The number of carbonyl (C=O) groups excluding carboxylic acids is 3. The molecule has 1 aromatic carbocycles. The smallest absolute Gasteiger partial charge is 0.325 e. The van der Waals surface area contributed by atoms with Crippen LogP contribution in [0.4, 0.5) is 0 Å². The lowest BCUT2D eigenvalue weighted by Crippen LogP contribution is -2.58. The second-order valence-corrected chi connectivity index (χ2v) is 8.07. The maximum absolute atomic E-state index is 13.0. The van der Waals surface area contributed by atoms with Gasteiger partial charge in [0.2, 0.25) is 17.7 Å². The Morgan fingerprint density at radius 1 is 0.882 bits per heavy atom. The summed E-state index contributed by atoms with van der Waals surface area (Å²) in [6.07, 6.45) is -0.236. The molecule has 188 valence electrons. The van der Waals surface area contributed by atoms with E-state index in [0.29, 0.717) is 12.0 Å². The quantitative estimate of drug-likeness (QED) is 0.191. The normalized spacial score (nSPS) is 15.2. The molecule has 0 aliphatic carbocycles. The fraction of sp³-hybridized carbons (Fsp3) is 0.500. The molecule has 0 spiro atoms. The molecule has 1 rings (SSSR count). The van der Waals surface area contributed by atoms with Crippen LogP contribution in [0.3, 0.4) is 0 Å². The van der Waals surface area contributed by atoms with E-state index in [1.807, 2.05) is 6.92 Å². The minimum Gasteiger partial charge on any atom is -0.508 e. The van der Waals surface area contributed by atoms with Crippen LogP contribution in [0.2, 0.25) is 0 Å². The maximum Gasteiger partial charge on any atom is 0.325 e. The van der Waals surface area contributed by atoms with Gasteiger partial charge in [-0.05, 0) is 30.5 Å². The molecule has 0 aromatic heterocycles. The van der Waals surface area contributed by atoms with Crippen LogP contribution >= 0.6 is 0 Å². The lowest BCUT2D eigenvalue weighted by molar-refractivity contribution is -0.143. The minimum absolute atomic E-state index is 0.00155. The Balaban J connectivity index is 3.12. The number of hydrogen-bond donors (Lipinski definition) is 7. The van der Waals surface area contributed by atoms with E-state index in [2.05, 4.69) is 16.0 Å². The van der Waals surface area contributed by atoms with Gasteiger partial charge in [0.15, 0.2) is 0 Å². The van der Waals surface area contributed by atoms with E-state index >= 15 is 0 Å². The van der Waals surface area contributed by atoms with E-state index in [-0.39, 0.29) is 18.1 Å². The monoisotopic (exact) mass is 480 g/mol. The molecular formula is C22H32N4O8. The third kappa shape index (κ3) is 9.06. The molecule has 0 saturated carbocycles. The summed E-state index contributed by atoms with van der Waals surface area (Å²) in [4.78, 5) is 60.3. The van der Waals surface area contributed by atoms with E-state index in [4.69, 9.17) is 15.9 Å². The summed E-state index contributed by atoms with van der Waals surface area (Å²) in [5, 5.41) is 34.5. The molecule has 12 heteroatoms. The van der Waals surface area contributed by atoms with Gasteiger partial charge in [0.25, 0.3) is 0 Å². The average molecular weight is 481 g/mol. The Kier molecular flexibility index (Phi) is 11.0. The molecule has 5 atom stereocenters. The Hall–Kier alpha value is -3.67. The summed E-state index contributed by atoms with van der Waals surface area (Å²) in [5.41, 5.74) is 6.52. The third-order valence-electron chi connectivity index (χ3n) is 5.31. The van der Waals surface area contributed by atoms with Crippen molar-refractivity contribution in [1.82, 2.24) is 16.0 Å². The Labute approximate surface area is 196 Å². The fourth-order valence-corrected chi connectivity index (χ4v) is 2.89. The predicted molar refractivity (Wildman–Crippen MR) is 121 cm³/mol. The molecule has 0 aliphatic rings. The van der Waals surface area contributed by atoms with Crippen molar-refractivity contribution in [3.05, 3.63) is 29.8 Å². The van der Waals surface area contributed by atoms with Gasteiger partial charge in [-0.15, -0.1) is 0 Å². The highest BCUT2D eigenvalue weighted by atomic mass is 16.4. The summed E-state index contributed by atoms with van der Waals surface area (Å²) in [5.74, 6) is -5.39. The number of carboxylic acids is 2. The SMILES string of the molecule is CCC(C)C(N)C(=O)NC(Cc1ccc(O)cc1)C(=O)NC(CC(=O)O)C(=O)NC(C)C(=O)O. The fourth-order valence-electron chi connectivity index (χ4n) is 2.89. The highest BCUT2D eigenvalue weighted by molar-refractivity contribution is 5.95. The highest BCUT2D eigenvalue weighted by Crippen LogP contribution is 2.13. The van der Waals surface area contributed by atoms with Crippen molar-refractivity contribution in [1.29, 1.82) is 0 Å². The van der Waals surface area contributed by atoms with Gasteiger partial charge in [-0.2, -0.15) is 0 Å². The number of nitrogens with one attached hydrogen (secondary N) is 3. The lowest BCUT2D eigenvalue weighted by atomic mass is 9.98. The number of hydrogen-bond acceptors (Lipinski definition) is 7. The van der Waals surface area contributed by atoms with Crippen molar-refractivity contribution in [3.63, 3.8) is 0 Å². The van der Waals surface area contributed by atoms with Crippen molar-refractivity contribution in [2.45, 2.75) is 64.2 Å². The van der Waals surface area contributed by atoms with E-state index < -0.39 is 60.2 Å². The largest absolute Gasteiger partial charge is 0.508 e. The molecule has 0 radical (unpaired) electrons. The van der Waals surface area contributed by atoms with Crippen molar-refractivity contribution >= 4 is 29.7 Å². The molecule has 5 unspecified atom stereocenters. The van der Waals surface area contributed by atoms with Crippen molar-refractivity contribution in [2.75, 3.05) is 0 Å². The summed E-state index contributed by atoms with van der Waals surface area (Å²) >= 11 is 0. The van der Waals surface area contributed by atoms with Crippen LogP contribution in [0.25, 0.3) is 0 Å². The van der Waals surface area contributed by atoms with Crippen LogP contribution in [-0.2, 0) is 30.4 Å². The van der Waals surface area contributed by atoms with Gasteiger partial charge in [0.05, 0.1) is 12.5 Å². The molecule has 0 saturated heterocycles. The van der Waals surface area contributed by atoms with E-state index in [9.17, 15) is 29.1 Å². The second kappa shape index (κ2) is 13.1. The molecular weight excluding hydrogens is 448 g/mol. The topological polar surface area (TPSA) is 208 Å². The Morgan fingerprint density at radius 2 is 1.41 bits per heavy atom. The van der Waals surface area contributed by atoms with Crippen LogP contribution in [0.1, 0.15) is 39.2 Å². The number of amides is 3. The number of aromatic hydroxyl groups is 1. The van der Waals surface area contributed by atoms with E-state index in [1.165, 1.54) is 31.2 Å². The summed E-state index contributed by atoms with van der Waals surface area (Å²) in [6, 6.07) is 0.813. The zero-order valence-corrected chi connectivity index (χ0v) is 19.3. The Bertz CT molecular complexity index is 889. The summed E-state index contributed by atoms with van der Waals surface area (Å²) in [7, 11) is 0. The highest BCUT2D eigenvalue weighted by Gasteiger charge is 2.31. The first-order valence-electron chi connectivity index (χ1n) is 10.7. The lowest BCUT2D eigenvalue weighted by Gasteiger charge is -2.25. The van der Waals surface area contributed by atoms with Gasteiger partial charge in [-0.1, -0.05) is 32.4 Å². The number of benzene rings is 1. The molecule has 0 aliphatic heterocycles. The van der Waals surface area contributed by atoms with Crippen LogP contribution in [0, 0.1) is 5.92 Å². The van der Waals surface area contributed by atoms with Crippen LogP contribution in [0.5, 0.6) is 5.75 Å². The van der Waals surface area contributed by atoms with Gasteiger partial charge >= 0.3 is 11.9 Å². The number of rotatable bonds is 13. The van der Waals surface area contributed by atoms with Crippen LogP contribution in [0.15, 0.2) is 24.3 Å². The zero-order valence-electron chi connectivity index (χ0n) is 19.3. The van der Waals surface area contributed by atoms with Gasteiger partial charge in [-0.25, -0.2) is 0 Å². The van der Waals surface area contributed by atoms with E-state index in [0.717, 1.165) is 0 Å². The standard InChI is InChI=1S/C22H32N4O8/c1-4-11(2)18(23)21(32)26-15(9-13-5-7-14(27)8-6-13)20(31)25-16(10-17(28)29)19(30)24-12(3)22(33)34/h5-8,11-12,15-16,18,27H,4,9-10,23H2,1-3H3,(H,24,30)(H,25,31)(H,26,32)(H,28,29)(H,33,34). The molecule has 0 fully saturated rings. The molecule has 0 bridgehead atoms. The number of nitrogens with two attached hydrogens (primary N) is 1. The second-order valence-electron chi connectivity index (χ2n) is 8.07. The van der Waals surface area contributed by atoms with Crippen LogP contribution < -0.4 is 21.7 Å². The molecule has 34 heavy (non-hydrogen) atoms. The summed E-state index contributed by atoms with van der Waals surface area (Å²) < 4.78 is 0. The van der Waals surface area contributed by atoms with Crippen molar-refractivity contribution in [2.24, 2.45) is 11.7 Å². The number of carboxylic acid groups (broad SMARTS) is 2. The van der Waals surface area contributed by atoms with Crippen molar-refractivity contribution in [3.8, 4) is 5.75 Å². The van der Waals surface area contributed by atoms with Crippen LogP contribution in [-0.4, -0.2) is 69.1 Å². The predicted octanol–water partition coefficient (Wildman–Crippen LogP) is -0.658. The number of phenols is 1. The van der Waals surface area contributed by atoms with Gasteiger partial charge in [0, 0.05) is 6.42 Å². The molecule has 8 N–H and O–H groups in total. The number of aliphatic carboxylic acids is 2. The average Bonchev–Trinajstić information content (AvgIpc) is 2.77. The molecule has 3 amide bonds.